The minimum atomic E-state index is -1.27. The van der Waals surface area contributed by atoms with Gasteiger partial charge in [-0.2, -0.15) is 0 Å². The second-order valence-corrected chi connectivity index (χ2v) is 12.9. The van der Waals surface area contributed by atoms with E-state index in [1.54, 1.807) is 0 Å². The Kier molecular flexibility index (Phi) is 31.7. The van der Waals surface area contributed by atoms with Crippen molar-refractivity contribution in [2.75, 3.05) is 6.61 Å². The molecule has 0 rings (SSSR count). The van der Waals surface area contributed by atoms with Crippen molar-refractivity contribution in [3.8, 4) is 0 Å². The number of rotatable bonds is 33. The van der Waals surface area contributed by atoms with Crippen molar-refractivity contribution in [2.24, 2.45) is 0 Å². The van der Waals surface area contributed by atoms with E-state index in [1.807, 2.05) is 0 Å². The van der Waals surface area contributed by atoms with Gasteiger partial charge >= 0.3 is 0 Å². The van der Waals surface area contributed by atoms with Crippen molar-refractivity contribution in [3.05, 3.63) is 12.2 Å². The summed E-state index contributed by atoms with van der Waals surface area (Å²) in [7, 11) is 0. The molecule has 0 spiro atoms. The predicted molar refractivity (Wildman–Crippen MR) is 182 cm³/mol. The molecule has 1 amide bonds. The van der Waals surface area contributed by atoms with Crippen molar-refractivity contribution in [1.82, 2.24) is 5.32 Å². The number of aliphatic hydroxyl groups is 4. The molecule has 0 saturated carbocycles. The Bertz CT molecular complexity index is 614. The topological polar surface area (TPSA) is 110 Å². The highest BCUT2D eigenvalue weighted by Crippen LogP contribution is 2.16. The summed E-state index contributed by atoms with van der Waals surface area (Å²) in [6.07, 6.45) is 32.5. The summed E-state index contributed by atoms with van der Waals surface area (Å²) in [6, 6.07) is -0.994. The fourth-order valence-corrected chi connectivity index (χ4v) is 5.70. The Labute approximate surface area is 266 Å². The van der Waals surface area contributed by atoms with Crippen molar-refractivity contribution in [1.29, 1.82) is 0 Å². The average molecular weight is 612 g/mol. The smallest absolute Gasteiger partial charge is 0.249 e. The lowest BCUT2D eigenvalue weighted by molar-refractivity contribution is -0.132. The van der Waals surface area contributed by atoms with Crippen molar-refractivity contribution in [2.45, 2.75) is 212 Å². The number of allylic oxidation sites excluding steroid dienone is 2. The molecule has 0 heterocycles. The quantitative estimate of drug-likeness (QED) is 0.0377. The van der Waals surface area contributed by atoms with E-state index in [0.717, 1.165) is 38.5 Å². The number of nitrogens with one attached hydrogen (secondary N) is 1. The van der Waals surface area contributed by atoms with Gasteiger partial charge in [0, 0.05) is 0 Å². The number of hydrogen-bond acceptors (Lipinski definition) is 5. The fourth-order valence-electron chi connectivity index (χ4n) is 5.70. The van der Waals surface area contributed by atoms with E-state index in [9.17, 15) is 25.2 Å². The van der Waals surface area contributed by atoms with Gasteiger partial charge in [-0.15, -0.1) is 0 Å². The summed E-state index contributed by atoms with van der Waals surface area (Å²) >= 11 is 0. The number of carbonyl (C=O) groups excluding carboxylic acids is 1. The van der Waals surface area contributed by atoms with Crippen LogP contribution in [0, 0.1) is 0 Å². The number of hydrogen-bond donors (Lipinski definition) is 5. The Balaban J connectivity index is 3.73. The number of amides is 1. The second-order valence-electron chi connectivity index (χ2n) is 12.9. The first kappa shape index (κ1) is 42.0. The third kappa shape index (κ3) is 27.1. The van der Waals surface area contributed by atoms with Crippen LogP contribution in [0.3, 0.4) is 0 Å². The normalized spacial score (nSPS) is 14.7. The first-order valence-electron chi connectivity index (χ1n) is 18.6. The maximum Gasteiger partial charge on any atom is 0.249 e. The second kappa shape index (κ2) is 32.4. The van der Waals surface area contributed by atoms with Crippen LogP contribution in [0.15, 0.2) is 12.2 Å². The molecule has 43 heavy (non-hydrogen) atoms. The van der Waals surface area contributed by atoms with Crippen LogP contribution in [-0.2, 0) is 4.79 Å². The van der Waals surface area contributed by atoms with E-state index in [2.05, 4.69) is 31.3 Å². The van der Waals surface area contributed by atoms with Gasteiger partial charge < -0.3 is 25.7 Å². The van der Waals surface area contributed by atoms with Gasteiger partial charge in [-0.25, -0.2) is 0 Å². The fraction of sp³-hybridized carbons (Fsp3) is 0.919. The van der Waals surface area contributed by atoms with Crippen LogP contribution in [0.25, 0.3) is 0 Å². The van der Waals surface area contributed by atoms with Gasteiger partial charge in [0.05, 0.1) is 18.8 Å². The van der Waals surface area contributed by atoms with Crippen LogP contribution in [-0.4, -0.2) is 57.3 Å². The lowest BCUT2D eigenvalue weighted by Gasteiger charge is -2.27. The molecule has 0 aliphatic rings. The SMILES string of the molecule is CCCCC/C=C/CCCC(O)[C@@H](O)C(CO)NC(=O)[C@H](O)CCCCCCCCCCCCCCCCCCCCC. The summed E-state index contributed by atoms with van der Waals surface area (Å²) in [5.41, 5.74) is 0. The molecule has 0 aliphatic carbocycles. The molecule has 0 aromatic rings. The van der Waals surface area contributed by atoms with Crippen LogP contribution >= 0.6 is 0 Å². The molecule has 2 unspecified atom stereocenters. The lowest BCUT2D eigenvalue weighted by atomic mass is 10.00. The number of aliphatic hydroxyl groups excluding tert-OH is 4. The van der Waals surface area contributed by atoms with E-state index in [4.69, 9.17) is 0 Å². The Morgan fingerprint density at radius 3 is 1.40 bits per heavy atom. The molecule has 5 N–H and O–H groups in total. The van der Waals surface area contributed by atoms with Crippen LogP contribution in [0.2, 0.25) is 0 Å². The summed E-state index contributed by atoms with van der Waals surface area (Å²) in [5, 5.41) is 43.2. The molecular formula is C37H73NO5. The highest BCUT2D eigenvalue weighted by molar-refractivity contribution is 5.80. The van der Waals surface area contributed by atoms with E-state index in [0.29, 0.717) is 12.8 Å². The molecule has 0 aliphatic heterocycles. The molecule has 0 aromatic carbocycles. The van der Waals surface area contributed by atoms with Crippen LogP contribution in [0.5, 0.6) is 0 Å². The van der Waals surface area contributed by atoms with Gasteiger partial charge in [0.15, 0.2) is 0 Å². The minimum Gasteiger partial charge on any atom is -0.394 e. The maximum atomic E-state index is 12.4. The van der Waals surface area contributed by atoms with Crippen LogP contribution in [0.1, 0.15) is 187 Å². The third-order valence-electron chi connectivity index (χ3n) is 8.73. The van der Waals surface area contributed by atoms with Crippen LogP contribution < -0.4 is 5.32 Å². The molecule has 256 valence electrons. The van der Waals surface area contributed by atoms with Crippen molar-refractivity contribution >= 4 is 5.91 Å². The zero-order valence-electron chi connectivity index (χ0n) is 28.5. The van der Waals surface area contributed by atoms with E-state index in [-0.39, 0.29) is 0 Å². The Morgan fingerprint density at radius 2 is 0.953 bits per heavy atom. The zero-order chi connectivity index (χ0) is 31.8. The largest absolute Gasteiger partial charge is 0.394 e. The summed E-state index contributed by atoms with van der Waals surface area (Å²) in [4.78, 5) is 12.4. The van der Waals surface area contributed by atoms with Gasteiger partial charge in [-0.3, -0.25) is 4.79 Å². The molecule has 0 radical (unpaired) electrons. The summed E-state index contributed by atoms with van der Waals surface area (Å²) in [6.45, 7) is 3.97. The van der Waals surface area contributed by atoms with Gasteiger partial charge in [0.1, 0.15) is 12.2 Å². The average Bonchev–Trinajstić information content (AvgIpc) is 3.01. The first-order valence-corrected chi connectivity index (χ1v) is 18.6. The van der Waals surface area contributed by atoms with Gasteiger partial charge in [0.2, 0.25) is 5.91 Å². The third-order valence-corrected chi connectivity index (χ3v) is 8.73. The maximum absolute atomic E-state index is 12.4. The minimum absolute atomic E-state index is 0.367. The number of unbranched alkanes of at least 4 members (excludes halogenated alkanes) is 22. The molecule has 0 saturated heterocycles. The molecule has 0 aromatic heterocycles. The Morgan fingerprint density at radius 1 is 0.558 bits per heavy atom. The standard InChI is InChI=1S/C37H73NO5/c1-3-5-7-9-11-13-14-15-16-17-18-19-20-21-22-23-25-27-29-31-35(41)37(43)38-33(32-39)36(42)34(40)30-28-26-24-12-10-8-6-4-2/h12,24,33-36,39-42H,3-11,13-23,25-32H2,1-2H3,(H,38,43)/b24-12+/t33?,34?,35-,36+/m1/s1. The lowest BCUT2D eigenvalue weighted by Crippen LogP contribution is -2.53. The molecular weight excluding hydrogens is 538 g/mol. The predicted octanol–water partition coefficient (Wildman–Crippen LogP) is 8.67. The van der Waals surface area contributed by atoms with Gasteiger partial charge in [0.25, 0.3) is 0 Å². The van der Waals surface area contributed by atoms with E-state index in [1.165, 1.54) is 122 Å². The highest BCUT2D eigenvalue weighted by atomic mass is 16.3. The first-order chi connectivity index (χ1) is 21.0. The monoisotopic (exact) mass is 612 g/mol. The highest BCUT2D eigenvalue weighted by Gasteiger charge is 2.28. The van der Waals surface area contributed by atoms with E-state index < -0.39 is 36.9 Å². The Hall–Kier alpha value is -0.950. The molecule has 4 atom stereocenters. The molecule has 0 bridgehead atoms. The van der Waals surface area contributed by atoms with Crippen LogP contribution in [0.4, 0.5) is 0 Å². The molecule has 0 fully saturated rings. The van der Waals surface area contributed by atoms with Gasteiger partial charge in [-0.05, 0) is 38.5 Å². The summed E-state index contributed by atoms with van der Waals surface area (Å²) < 4.78 is 0. The van der Waals surface area contributed by atoms with Gasteiger partial charge in [-0.1, -0.05) is 161 Å². The molecule has 6 heteroatoms. The summed E-state index contributed by atoms with van der Waals surface area (Å²) in [5.74, 6) is -0.595. The molecule has 6 nitrogen and oxygen atoms in total. The zero-order valence-corrected chi connectivity index (χ0v) is 28.5. The van der Waals surface area contributed by atoms with E-state index >= 15 is 0 Å². The number of carbonyl (C=O) groups is 1. The van der Waals surface area contributed by atoms with Crippen molar-refractivity contribution in [3.63, 3.8) is 0 Å². The van der Waals surface area contributed by atoms with Crippen molar-refractivity contribution < 1.29 is 25.2 Å².